The molecule has 1 aliphatic rings. The summed E-state index contributed by atoms with van der Waals surface area (Å²) in [5, 5.41) is 0. The van der Waals surface area contributed by atoms with E-state index in [9.17, 15) is 4.79 Å². The van der Waals surface area contributed by atoms with Crippen LogP contribution in [-0.4, -0.2) is 34.1 Å². The lowest BCUT2D eigenvalue weighted by Gasteiger charge is -2.36. The van der Waals surface area contributed by atoms with Crippen molar-refractivity contribution in [2.24, 2.45) is 0 Å². The number of nitrogens with zero attached hydrogens (tertiary/aromatic N) is 4. The van der Waals surface area contributed by atoms with Crippen LogP contribution in [0.4, 0.5) is 11.5 Å². The SMILES string of the molecule is CCCCC(CC)n1c(CC)nc2c1C(=O)N(C)CN2c1c(C)cc(C)cc1C. The first-order valence-electron chi connectivity index (χ1n) is 11.1. The number of hydrogen-bond donors (Lipinski definition) is 0. The van der Waals surface area contributed by atoms with Crippen molar-refractivity contribution in [2.45, 2.75) is 79.7 Å². The largest absolute Gasteiger partial charge is 0.322 e. The first-order chi connectivity index (χ1) is 13.8. The zero-order valence-corrected chi connectivity index (χ0v) is 19.2. The Bertz CT molecular complexity index is 876. The van der Waals surface area contributed by atoms with Gasteiger partial charge < -0.3 is 14.4 Å². The van der Waals surface area contributed by atoms with Gasteiger partial charge in [-0.1, -0.05) is 51.3 Å². The fourth-order valence-corrected chi connectivity index (χ4v) is 4.75. The molecule has 2 heterocycles. The maximum absolute atomic E-state index is 13.3. The van der Waals surface area contributed by atoms with E-state index in [2.05, 4.69) is 63.1 Å². The number of carbonyl (C=O) groups excluding carboxylic acids is 1. The van der Waals surface area contributed by atoms with E-state index >= 15 is 0 Å². The Morgan fingerprint density at radius 2 is 1.76 bits per heavy atom. The molecule has 0 radical (unpaired) electrons. The van der Waals surface area contributed by atoms with Crippen molar-refractivity contribution in [2.75, 3.05) is 18.6 Å². The van der Waals surface area contributed by atoms with Gasteiger partial charge in [-0.05, 0) is 44.7 Å². The minimum atomic E-state index is 0.0841. The minimum absolute atomic E-state index is 0.0841. The molecule has 1 aliphatic heterocycles. The van der Waals surface area contributed by atoms with Crippen molar-refractivity contribution >= 4 is 17.4 Å². The molecule has 0 N–H and O–H groups in total. The molecule has 0 bridgehead atoms. The van der Waals surface area contributed by atoms with Gasteiger partial charge in [0.05, 0.1) is 12.4 Å². The number of carbonyl (C=O) groups is 1. The Balaban J connectivity index is 2.21. The van der Waals surface area contributed by atoms with Crippen molar-refractivity contribution in [1.29, 1.82) is 0 Å². The molecule has 0 spiro atoms. The number of hydrogen-bond acceptors (Lipinski definition) is 3. The molecule has 2 aromatic rings. The third kappa shape index (κ3) is 3.79. The average Bonchev–Trinajstić information content (AvgIpc) is 3.05. The molecule has 0 fully saturated rings. The van der Waals surface area contributed by atoms with Gasteiger partial charge in [0.2, 0.25) is 0 Å². The smallest absolute Gasteiger partial charge is 0.275 e. The maximum Gasteiger partial charge on any atom is 0.275 e. The van der Waals surface area contributed by atoms with Crippen LogP contribution in [0.2, 0.25) is 0 Å². The summed E-state index contributed by atoms with van der Waals surface area (Å²) < 4.78 is 2.26. The minimum Gasteiger partial charge on any atom is -0.322 e. The highest BCUT2D eigenvalue weighted by Crippen LogP contribution is 2.39. The van der Waals surface area contributed by atoms with Crippen LogP contribution in [0.25, 0.3) is 0 Å². The number of imidazole rings is 1. The molecule has 0 saturated carbocycles. The van der Waals surface area contributed by atoms with Crippen LogP contribution < -0.4 is 4.90 Å². The molecule has 0 aliphatic carbocycles. The van der Waals surface area contributed by atoms with E-state index in [4.69, 9.17) is 4.98 Å². The topological polar surface area (TPSA) is 41.4 Å². The molecular formula is C24H36N4O. The fraction of sp³-hybridized carbons (Fsp3) is 0.583. The number of anilines is 2. The molecule has 29 heavy (non-hydrogen) atoms. The summed E-state index contributed by atoms with van der Waals surface area (Å²) in [5.41, 5.74) is 5.64. The molecule has 0 saturated heterocycles. The molecule has 1 aromatic carbocycles. The zero-order chi connectivity index (χ0) is 21.3. The van der Waals surface area contributed by atoms with E-state index in [1.807, 2.05) is 11.9 Å². The molecule has 5 heteroatoms. The standard InChI is InChI=1S/C24H36N4O/c1-8-11-12-19(9-2)28-20(10-3)25-23-22(28)24(29)26(7)15-27(23)21-17(5)13-16(4)14-18(21)6/h13-14,19H,8-12,15H2,1-7H3. The first-order valence-corrected chi connectivity index (χ1v) is 11.1. The van der Waals surface area contributed by atoms with E-state index < -0.39 is 0 Å². The van der Waals surface area contributed by atoms with Crippen LogP contribution in [0.15, 0.2) is 12.1 Å². The van der Waals surface area contributed by atoms with Gasteiger partial charge in [0.25, 0.3) is 5.91 Å². The quantitative estimate of drug-likeness (QED) is 0.603. The number of aryl methyl sites for hydroxylation is 4. The summed E-state index contributed by atoms with van der Waals surface area (Å²) in [4.78, 5) is 22.4. The van der Waals surface area contributed by atoms with Crippen molar-refractivity contribution < 1.29 is 4.79 Å². The highest BCUT2D eigenvalue weighted by Gasteiger charge is 2.36. The van der Waals surface area contributed by atoms with E-state index in [1.54, 1.807) is 0 Å². The fourth-order valence-electron chi connectivity index (χ4n) is 4.75. The number of rotatable bonds is 7. The third-order valence-corrected chi connectivity index (χ3v) is 6.07. The average molecular weight is 397 g/mol. The van der Waals surface area contributed by atoms with Crippen LogP contribution in [0.3, 0.4) is 0 Å². The van der Waals surface area contributed by atoms with E-state index in [0.717, 1.165) is 43.0 Å². The van der Waals surface area contributed by atoms with Crippen LogP contribution >= 0.6 is 0 Å². The molecule has 3 rings (SSSR count). The van der Waals surface area contributed by atoms with Crippen LogP contribution in [-0.2, 0) is 6.42 Å². The Morgan fingerprint density at radius 3 is 2.31 bits per heavy atom. The summed E-state index contributed by atoms with van der Waals surface area (Å²) in [7, 11) is 1.90. The van der Waals surface area contributed by atoms with Crippen molar-refractivity contribution in [1.82, 2.24) is 14.5 Å². The Kier molecular flexibility index (Phi) is 6.35. The van der Waals surface area contributed by atoms with Gasteiger partial charge in [-0.2, -0.15) is 0 Å². The second-order valence-electron chi connectivity index (χ2n) is 8.45. The van der Waals surface area contributed by atoms with Crippen molar-refractivity contribution in [3.63, 3.8) is 0 Å². The van der Waals surface area contributed by atoms with Crippen LogP contribution in [0.5, 0.6) is 0 Å². The number of unbranched alkanes of at least 4 members (excludes halogenated alkanes) is 1. The van der Waals surface area contributed by atoms with Gasteiger partial charge >= 0.3 is 0 Å². The van der Waals surface area contributed by atoms with Gasteiger partial charge in [-0.3, -0.25) is 4.79 Å². The molecule has 5 nitrogen and oxygen atoms in total. The van der Waals surface area contributed by atoms with Crippen molar-refractivity contribution in [3.05, 3.63) is 40.3 Å². The van der Waals surface area contributed by atoms with Gasteiger partial charge in [-0.15, -0.1) is 0 Å². The number of aromatic nitrogens is 2. The molecule has 1 unspecified atom stereocenters. The predicted molar refractivity (Wildman–Crippen MR) is 120 cm³/mol. The molecule has 1 atom stereocenters. The highest BCUT2D eigenvalue weighted by molar-refractivity contribution is 6.00. The second-order valence-corrected chi connectivity index (χ2v) is 8.45. The molecule has 1 aromatic heterocycles. The summed E-state index contributed by atoms with van der Waals surface area (Å²) in [5.74, 6) is 1.93. The summed E-state index contributed by atoms with van der Waals surface area (Å²) in [6, 6.07) is 4.75. The predicted octanol–water partition coefficient (Wildman–Crippen LogP) is 5.69. The van der Waals surface area contributed by atoms with E-state index in [-0.39, 0.29) is 5.91 Å². The summed E-state index contributed by atoms with van der Waals surface area (Å²) in [6.45, 7) is 13.5. The van der Waals surface area contributed by atoms with Gasteiger partial charge in [-0.25, -0.2) is 4.98 Å². The molecule has 158 valence electrons. The summed E-state index contributed by atoms with van der Waals surface area (Å²) in [6.07, 6.45) is 5.25. The zero-order valence-electron chi connectivity index (χ0n) is 19.2. The van der Waals surface area contributed by atoms with Crippen LogP contribution in [0, 0.1) is 20.8 Å². The molecular weight excluding hydrogens is 360 g/mol. The third-order valence-electron chi connectivity index (χ3n) is 6.07. The van der Waals surface area contributed by atoms with E-state index in [1.165, 1.54) is 28.8 Å². The number of fused-ring (bicyclic) bond motifs is 1. The van der Waals surface area contributed by atoms with E-state index in [0.29, 0.717) is 12.7 Å². The second kappa shape index (κ2) is 8.60. The normalized spacial score (nSPS) is 15.1. The maximum atomic E-state index is 13.3. The highest BCUT2D eigenvalue weighted by atomic mass is 16.2. The van der Waals surface area contributed by atoms with Crippen LogP contribution in [0.1, 0.15) is 85.5 Å². The molecule has 1 amide bonds. The number of amides is 1. The van der Waals surface area contributed by atoms with Gasteiger partial charge in [0.15, 0.2) is 11.5 Å². The lowest BCUT2D eigenvalue weighted by atomic mass is 10.0. The Morgan fingerprint density at radius 1 is 1.10 bits per heavy atom. The summed E-state index contributed by atoms with van der Waals surface area (Å²) >= 11 is 0. The Hall–Kier alpha value is -2.30. The first kappa shape index (κ1) is 21.4. The lowest BCUT2D eigenvalue weighted by molar-refractivity contribution is 0.0772. The number of benzene rings is 1. The Labute approximate surface area is 175 Å². The van der Waals surface area contributed by atoms with Crippen molar-refractivity contribution in [3.8, 4) is 0 Å². The monoisotopic (exact) mass is 396 g/mol. The van der Waals surface area contributed by atoms with Gasteiger partial charge in [0, 0.05) is 19.5 Å². The van der Waals surface area contributed by atoms with Gasteiger partial charge in [0.1, 0.15) is 5.82 Å². The lowest BCUT2D eigenvalue weighted by Crippen LogP contribution is -2.44.